The summed E-state index contributed by atoms with van der Waals surface area (Å²) in [7, 11) is 1.30. The van der Waals surface area contributed by atoms with Crippen molar-refractivity contribution in [1.29, 1.82) is 0 Å². The number of methoxy groups -OCH3 is 1. The van der Waals surface area contributed by atoms with Gasteiger partial charge in [0.1, 0.15) is 0 Å². The summed E-state index contributed by atoms with van der Waals surface area (Å²) in [6.07, 6.45) is 0.687. The number of ketones is 1. The molecule has 144 valence electrons. The van der Waals surface area contributed by atoms with Crippen LogP contribution in [0.5, 0.6) is 0 Å². The van der Waals surface area contributed by atoms with Crippen molar-refractivity contribution in [2.75, 3.05) is 20.3 Å². The number of hydrogen-bond acceptors (Lipinski definition) is 5. The zero-order valence-electron chi connectivity index (χ0n) is 16.0. The fourth-order valence-electron chi connectivity index (χ4n) is 2.72. The van der Waals surface area contributed by atoms with Crippen LogP contribution in [0.3, 0.4) is 0 Å². The first-order chi connectivity index (χ1) is 12.3. The van der Waals surface area contributed by atoms with Crippen molar-refractivity contribution in [1.82, 2.24) is 4.90 Å². The van der Waals surface area contributed by atoms with Gasteiger partial charge in [0.2, 0.25) is 5.91 Å². The lowest BCUT2D eigenvalue weighted by molar-refractivity contribution is -0.147. The lowest BCUT2D eigenvalue weighted by Crippen LogP contribution is -2.45. The second-order valence-electron chi connectivity index (χ2n) is 6.50. The van der Waals surface area contributed by atoms with Crippen molar-refractivity contribution in [3.8, 4) is 0 Å². The van der Waals surface area contributed by atoms with Crippen LogP contribution < -0.4 is 0 Å². The Balaban J connectivity index is 2.76. The number of aliphatic hydroxyl groups excluding tert-OH is 1. The molecule has 0 aliphatic carbocycles. The largest absolute Gasteiger partial charge is 0.469 e. The van der Waals surface area contributed by atoms with E-state index < -0.39 is 11.9 Å². The van der Waals surface area contributed by atoms with Crippen LogP contribution in [0, 0.1) is 12.8 Å². The van der Waals surface area contributed by atoms with E-state index in [2.05, 4.69) is 0 Å². The molecule has 0 radical (unpaired) electrons. The van der Waals surface area contributed by atoms with Gasteiger partial charge in [-0.15, -0.1) is 0 Å². The highest BCUT2D eigenvalue weighted by Gasteiger charge is 2.27. The highest BCUT2D eigenvalue weighted by molar-refractivity contribution is 5.98. The zero-order chi connectivity index (χ0) is 19.7. The van der Waals surface area contributed by atoms with Crippen LogP contribution in [0.2, 0.25) is 0 Å². The van der Waals surface area contributed by atoms with Crippen molar-refractivity contribution in [3.63, 3.8) is 0 Å². The Morgan fingerprint density at radius 1 is 1.15 bits per heavy atom. The normalized spacial score (nSPS) is 13.0. The molecule has 0 aliphatic rings. The van der Waals surface area contributed by atoms with Gasteiger partial charge >= 0.3 is 5.97 Å². The van der Waals surface area contributed by atoms with E-state index >= 15 is 0 Å². The van der Waals surface area contributed by atoms with E-state index in [-0.39, 0.29) is 43.7 Å². The number of nitrogens with zero attached hydrogens (tertiary/aromatic N) is 1. The number of benzene rings is 1. The van der Waals surface area contributed by atoms with Crippen LogP contribution in [0.4, 0.5) is 0 Å². The van der Waals surface area contributed by atoms with Crippen LogP contribution in [0.15, 0.2) is 24.3 Å². The van der Waals surface area contributed by atoms with E-state index in [1.54, 1.807) is 19.1 Å². The van der Waals surface area contributed by atoms with Gasteiger partial charge in [0, 0.05) is 24.9 Å². The van der Waals surface area contributed by atoms with Crippen LogP contribution >= 0.6 is 0 Å². The number of aryl methyl sites for hydroxylation is 1. The molecule has 0 saturated heterocycles. The maximum Gasteiger partial charge on any atom is 0.310 e. The topological polar surface area (TPSA) is 83.9 Å². The van der Waals surface area contributed by atoms with E-state index in [0.29, 0.717) is 12.0 Å². The molecule has 1 N–H and O–H groups in total. The van der Waals surface area contributed by atoms with Gasteiger partial charge in [-0.25, -0.2) is 0 Å². The second-order valence-corrected chi connectivity index (χ2v) is 6.50. The predicted octanol–water partition coefficient (Wildman–Crippen LogP) is 2.37. The minimum atomic E-state index is -0.502. The molecular formula is C20H29NO5. The molecule has 0 aliphatic heterocycles. The molecule has 0 heterocycles. The molecular weight excluding hydrogens is 334 g/mol. The maximum absolute atomic E-state index is 12.6. The number of Topliss-reactive ketones (excluding diaryl/α,β-unsaturated/α-hetero) is 1. The quantitative estimate of drug-likeness (QED) is 0.510. The van der Waals surface area contributed by atoms with E-state index in [9.17, 15) is 19.5 Å². The lowest BCUT2D eigenvalue weighted by Gasteiger charge is -2.31. The molecule has 0 aromatic heterocycles. The zero-order valence-corrected chi connectivity index (χ0v) is 16.0. The molecule has 1 rings (SSSR count). The summed E-state index contributed by atoms with van der Waals surface area (Å²) in [5, 5.41) is 9.56. The number of aliphatic hydroxyl groups is 1. The van der Waals surface area contributed by atoms with Crippen LogP contribution in [0.25, 0.3) is 0 Å². The third-order valence-electron chi connectivity index (χ3n) is 4.46. The van der Waals surface area contributed by atoms with Gasteiger partial charge < -0.3 is 14.7 Å². The van der Waals surface area contributed by atoms with Crippen LogP contribution in [-0.4, -0.2) is 54.0 Å². The summed E-state index contributed by atoms with van der Waals surface area (Å²) in [5.74, 6) is -1.26. The summed E-state index contributed by atoms with van der Waals surface area (Å²) in [4.78, 5) is 38.1. The van der Waals surface area contributed by atoms with Crippen molar-refractivity contribution >= 4 is 17.7 Å². The van der Waals surface area contributed by atoms with Gasteiger partial charge in [-0.2, -0.15) is 0 Å². The number of hydrogen-bond donors (Lipinski definition) is 1. The Kier molecular flexibility index (Phi) is 8.99. The Labute approximate surface area is 155 Å². The fraction of sp³-hybridized carbons (Fsp3) is 0.550. The van der Waals surface area contributed by atoms with Crippen LogP contribution in [-0.2, 0) is 14.3 Å². The van der Waals surface area contributed by atoms with E-state index in [0.717, 1.165) is 5.56 Å². The molecule has 26 heavy (non-hydrogen) atoms. The standard InChI is InChI=1S/C20H29NO5/c1-5-17(13-22)21(12-15(3)20(25)26-4)19(24)11-10-18(23)16-8-6-14(2)7-9-16/h6-9,15,17,22H,5,10-13H2,1-4H3. The monoisotopic (exact) mass is 363 g/mol. The number of carbonyl (C=O) groups excluding carboxylic acids is 3. The highest BCUT2D eigenvalue weighted by atomic mass is 16.5. The number of amides is 1. The van der Waals surface area contributed by atoms with Gasteiger partial charge in [0.05, 0.1) is 25.7 Å². The summed E-state index contributed by atoms with van der Waals surface area (Å²) < 4.78 is 4.71. The molecule has 0 fully saturated rings. The molecule has 1 amide bonds. The molecule has 1 aromatic rings. The molecule has 6 heteroatoms. The van der Waals surface area contributed by atoms with Crippen molar-refractivity contribution in [2.24, 2.45) is 5.92 Å². The van der Waals surface area contributed by atoms with Gasteiger partial charge in [-0.05, 0) is 13.3 Å². The van der Waals surface area contributed by atoms with Gasteiger partial charge in [-0.3, -0.25) is 14.4 Å². The Bertz CT molecular complexity index is 607. The first-order valence-electron chi connectivity index (χ1n) is 8.92. The molecule has 2 unspecified atom stereocenters. The average molecular weight is 363 g/mol. The smallest absolute Gasteiger partial charge is 0.310 e. The number of esters is 1. The highest BCUT2D eigenvalue weighted by Crippen LogP contribution is 2.14. The Hall–Kier alpha value is -2.21. The maximum atomic E-state index is 12.6. The molecule has 0 bridgehead atoms. The fourth-order valence-corrected chi connectivity index (χ4v) is 2.72. The molecule has 6 nitrogen and oxygen atoms in total. The first-order valence-corrected chi connectivity index (χ1v) is 8.92. The average Bonchev–Trinajstić information content (AvgIpc) is 2.65. The summed E-state index contributed by atoms with van der Waals surface area (Å²) >= 11 is 0. The molecule has 2 atom stereocenters. The summed E-state index contributed by atoms with van der Waals surface area (Å²) in [6, 6.07) is 6.84. The second kappa shape index (κ2) is 10.7. The molecule has 0 saturated carbocycles. The number of rotatable bonds is 10. The minimum absolute atomic E-state index is 0.0388. The van der Waals surface area contributed by atoms with E-state index in [4.69, 9.17) is 4.74 Å². The summed E-state index contributed by atoms with van der Waals surface area (Å²) in [6.45, 7) is 5.44. The summed E-state index contributed by atoms with van der Waals surface area (Å²) in [5.41, 5.74) is 1.64. The Morgan fingerprint density at radius 3 is 2.27 bits per heavy atom. The third kappa shape index (κ3) is 6.26. The van der Waals surface area contributed by atoms with Crippen molar-refractivity contribution in [2.45, 2.75) is 46.1 Å². The van der Waals surface area contributed by atoms with E-state index in [1.165, 1.54) is 12.0 Å². The lowest BCUT2D eigenvalue weighted by atomic mass is 10.0. The minimum Gasteiger partial charge on any atom is -0.469 e. The van der Waals surface area contributed by atoms with Crippen LogP contribution in [0.1, 0.15) is 49.0 Å². The first kappa shape index (κ1) is 21.8. The predicted molar refractivity (Wildman–Crippen MR) is 98.8 cm³/mol. The van der Waals surface area contributed by atoms with Crippen molar-refractivity contribution in [3.05, 3.63) is 35.4 Å². The van der Waals surface area contributed by atoms with E-state index in [1.807, 2.05) is 26.0 Å². The van der Waals surface area contributed by atoms with Gasteiger partial charge in [0.15, 0.2) is 5.78 Å². The third-order valence-corrected chi connectivity index (χ3v) is 4.46. The molecule has 1 aromatic carbocycles. The number of carbonyl (C=O) groups is 3. The molecule has 0 spiro atoms. The number of ether oxygens (including phenoxy) is 1. The van der Waals surface area contributed by atoms with Gasteiger partial charge in [-0.1, -0.05) is 43.7 Å². The van der Waals surface area contributed by atoms with Crippen molar-refractivity contribution < 1.29 is 24.2 Å². The SMILES string of the molecule is CCC(CO)N(CC(C)C(=O)OC)C(=O)CCC(=O)c1ccc(C)cc1. The van der Waals surface area contributed by atoms with Gasteiger partial charge in [0.25, 0.3) is 0 Å². The Morgan fingerprint density at radius 2 is 1.77 bits per heavy atom.